The maximum absolute atomic E-state index is 11.8. The van der Waals surface area contributed by atoms with Gasteiger partial charge in [-0.25, -0.2) is 8.78 Å². The summed E-state index contributed by atoms with van der Waals surface area (Å²) >= 11 is 0. The molecule has 0 N–H and O–H groups in total. The topological polar surface area (TPSA) is 66.6 Å². The van der Waals surface area contributed by atoms with Gasteiger partial charge in [0.1, 0.15) is 6.61 Å². The third-order valence-corrected chi connectivity index (χ3v) is 2.04. The fourth-order valence-corrected chi connectivity index (χ4v) is 1.29. The Bertz CT molecular complexity index is 343. The highest BCUT2D eigenvalue weighted by molar-refractivity contribution is 4.88. The Labute approximate surface area is 110 Å². The SMILES string of the molecule is CCOC(OCC)c1nc(CCOCC(F)F)no1. The Morgan fingerprint density at radius 1 is 1.21 bits per heavy atom. The summed E-state index contributed by atoms with van der Waals surface area (Å²) in [7, 11) is 0. The molecule has 0 aromatic carbocycles. The van der Waals surface area contributed by atoms with Gasteiger partial charge in [-0.15, -0.1) is 0 Å². The molecule has 0 bridgehead atoms. The lowest BCUT2D eigenvalue weighted by Gasteiger charge is -2.11. The second-order valence-electron chi connectivity index (χ2n) is 3.51. The molecule has 0 saturated carbocycles. The van der Waals surface area contributed by atoms with Crippen LogP contribution in [0.2, 0.25) is 0 Å². The number of hydrogen-bond acceptors (Lipinski definition) is 6. The number of hydrogen-bond donors (Lipinski definition) is 0. The molecule has 1 aromatic rings. The van der Waals surface area contributed by atoms with Crippen LogP contribution >= 0.6 is 0 Å². The van der Waals surface area contributed by atoms with Crippen molar-refractivity contribution in [1.29, 1.82) is 0 Å². The molecule has 0 atom stereocenters. The van der Waals surface area contributed by atoms with Crippen molar-refractivity contribution >= 4 is 0 Å². The molecule has 0 fully saturated rings. The molecule has 0 radical (unpaired) electrons. The first-order chi connectivity index (χ1) is 9.17. The van der Waals surface area contributed by atoms with Crippen molar-refractivity contribution < 1.29 is 27.5 Å². The Balaban J connectivity index is 2.41. The molecule has 1 heterocycles. The molecule has 0 amide bonds. The van der Waals surface area contributed by atoms with E-state index < -0.39 is 19.3 Å². The van der Waals surface area contributed by atoms with Gasteiger partial charge in [-0.1, -0.05) is 5.16 Å². The average molecular weight is 280 g/mol. The summed E-state index contributed by atoms with van der Waals surface area (Å²) in [5, 5.41) is 3.70. The monoisotopic (exact) mass is 280 g/mol. The molecular formula is C11H18F2N2O4. The third-order valence-electron chi connectivity index (χ3n) is 2.04. The van der Waals surface area contributed by atoms with E-state index >= 15 is 0 Å². The van der Waals surface area contributed by atoms with Crippen molar-refractivity contribution in [3.05, 3.63) is 11.7 Å². The first-order valence-electron chi connectivity index (χ1n) is 6.08. The predicted octanol–water partition coefficient (Wildman–Crippen LogP) is 1.97. The Hall–Kier alpha value is -1.12. The molecule has 0 aliphatic heterocycles. The molecule has 1 aromatic heterocycles. The third kappa shape index (κ3) is 6.04. The minimum Gasteiger partial charge on any atom is -0.375 e. The maximum Gasteiger partial charge on any atom is 0.283 e. The lowest BCUT2D eigenvalue weighted by atomic mass is 10.4. The summed E-state index contributed by atoms with van der Waals surface area (Å²) in [4.78, 5) is 4.07. The summed E-state index contributed by atoms with van der Waals surface area (Å²) in [6.07, 6.45) is -2.87. The Morgan fingerprint density at radius 3 is 2.47 bits per heavy atom. The van der Waals surface area contributed by atoms with Gasteiger partial charge in [0, 0.05) is 19.6 Å². The number of rotatable bonds is 10. The van der Waals surface area contributed by atoms with Gasteiger partial charge in [0.05, 0.1) is 6.61 Å². The maximum atomic E-state index is 11.8. The average Bonchev–Trinajstić information content (AvgIpc) is 2.83. The molecule has 0 spiro atoms. The number of aromatic nitrogens is 2. The summed E-state index contributed by atoms with van der Waals surface area (Å²) in [5.41, 5.74) is 0. The second kappa shape index (κ2) is 8.89. The highest BCUT2D eigenvalue weighted by Gasteiger charge is 2.19. The van der Waals surface area contributed by atoms with Gasteiger partial charge in [-0.2, -0.15) is 4.98 Å². The fraction of sp³-hybridized carbons (Fsp3) is 0.818. The van der Waals surface area contributed by atoms with Crippen molar-refractivity contribution in [3.8, 4) is 0 Å². The zero-order valence-corrected chi connectivity index (χ0v) is 11.0. The van der Waals surface area contributed by atoms with Crippen LogP contribution in [-0.2, 0) is 20.6 Å². The van der Waals surface area contributed by atoms with Crippen LogP contribution in [0, 0.1) is 0 Å². The molecule has 0 unspecified atom stereocenters. The number of nitrogens with zero attached hydrogens (tertiary/aromatic N) is 2. The molecular weight excluding hydrogens is 262 g/mol. The molecule has 0 aliphatic rings. The Morgan fingerprint density at radius 2 is 1.89 bits per heavy atom. The van der Waals surface area contributed by atoms with E-state index in [0.717, 1.165) is 0 Å². The molecule has 8 heteroatoms. The lowest BCUT2D eigenvalue weighted by molar-refractivity contribution is -0.155. The molecule has 1 rings (SSSR count). The quantitative estimate of drug-likeness (QED) is 0.482. The highest BCUT2D eigenvalue weighted by Crippen LogP contribution is 2.16. The van der Waals surface area contributed by atoms with Crippen molar-refractivity contribution in [2.75, 3.05) is 26.4 Å². The lowest BCUT2D eigenvalue weighted by Crippen LogP contribution is -2.10. The van der Waals surface area contributed by atoms with Crippen molar-refractivity contribution in [3.63, 3.8) is 0 Å². The van der Waals surface area contributed by atoms with Crippen LogP contribution < -0.4 is 0 Å². The van der Waals surface area contributed by atoms with E-state index in [0.29, 0.717) is 25.5 Å². The number of alkyl halides is 2. The first kappa shape index (κ1) is 15.9. The molecule has 0 aliphatic carbocycles. The van der Waals surface area contributed by atoms with E-state index in [9.17, 15) is 8.78 Å². The zero-order valence-electron chi connectivity index (χ0n) is 11.0. The van der Waals surface area contributed by atoms with Gasteiger partial charge in [-0.3, -0.25) is 0 Å². The minimum absolute atomic E-state index is 0.108. The fourth-order valence-electron chi connectivity index (χ4n) is 1.29. The normalized spacial score (nSPS) is 11.7. The first-order valence-corrected chi connectivity index (χ1v) is 6.08. The van der Waals surface area contributed by atoms with Crippen molar-refractivity contribution in [2.24, 2.45) is 0 Å². The predicted molar refractivity (Wildman–Crippen MR) is 60.8 cm³/mol. The smallest absolute Gasteiger partial charge is 0.283 e. The van der Waals surface area contributed by atoms with Gasteiger partial charge in [-0.05, 0) is 13.8 Å². The van der Waals surface area contributed by atoms with Crippen LogP contribution in [0.5, 0.6) is 0 Å². The summed E-state index contributed by atoms with van der Waals surface area (Å²) in [5.74, 6) is 0.584. The summed E-state index contributed by atoms with van der Waals surface area (Å²) < 4.78 is 44.0. The zero-order chi connectivity index (χ0) is 14.1. The largest absolute Gasteiger partial charge is 0.375 e. The Kier molecular flexibility index (Phi) is 7.46. The van der Waals surface area contributed by atoms with Gasteiger partial charge >= 0.3 is 0 Å². The van der Waals surface area contributed by atoms with E-state index in [4.69, 9.17) is 18.7 Å². The van der Waals surface area contributed by atoms with Crippen LogP contribution in [0.3, 0.4) is 0 Å². The van der Waals surface area contributed by atoms with Crippen LogP contribution in [0.25, 0.3) is 0 Å². The van der Waals surface area contributed by atoms with Crippen LogP contribution in [0.1, 0.15) is 31.9 Å². The van der Waals surface area contributed by atoms with Gasteiger partial charge in [0.2, 0.25) is 6.29 Å². The summed E-state index contributed by atoms with van der Waals surface area (Å²) in [6, 6.07) is 0. The summed E-state index contributed by atoms with van der Waals surface area (Å²) in [6.45, 7) is 4.05. The van der Waals surface area contributed by atoms with Gasteiger partial charge in [0.15, 0.2) is 5.82 Å². The minimum atomic E-state index is -2.47. The van der Waals surface area contributed by atoms with E-state index in [-0.39, 0.29) is 12.5 Å². The molecule has 19 heavy (non-hydrogen) atoms. The van der Waals surface area contributed by atoms with Crippen molar-refractivity contribution in [2.45, 2.75) is 33.0 Å². The van der Waals surface area contributed by atoms with Gasteiger partial charge in [0.25, 0.3) is 12.3 Å². The molecule has 6 nitrogen and oxygen atoms in total. The van der Waals surface area contributed by atoms with E-state index in [1.54, 1.807) is 0 Å². The van der Waals surface area contributed by atoms with E-state index in [2.05, 4.69) is 10.1 Å². The molecule has 0 saturated heterocycles. The standard InChI is InChI=1S/C11H18F2N2O4/c1-3-17-11(18-4-2)10-14-9(15-19-10)5-6-16-7-8(12)13/h8,11H,3-7H2,1-2H3. The van der Waals surface area contributed by atoms with E-state index in [1.165, 1.54) is 0 Å². The van der Waals surface area contributed by atoms with E-state index in [1.807, 2.05) is 13.8 Å². The van der Waals surface area contributed by atoms with Crippen LogP contribution in [-0.4, -0.2) is 43.0 Å². The number of ether oxygens (including phenoxy) is 3. The number of halogens is 2. The van der Waals surface area contributed by atoms with Crippen molar-refractivity contribution in [1.82, 2.24) is 10.1 Å². The van der Waals surface area contributed by atoms with Gasteiger partial charge < -0.3 is 18.7 Å². The molecule has 110 valence electrons. The highest BCUT2D eigenvalue weighted by atomic mass is 19.3. The van der Waals surface area contributed by atoms with Crippen LogP contribution in [0.15, 0.2) is 4.52 Å². The second-order valence-corrected chi connectivity index (χ2v) is 3.51. The van der Waals surface area contributed by atoms with Crippen LogP contribution in [0.4, 0.5) is 8.78 Å².